The summed E-state index contributed by atoms with van der Waals surface area (Å²) in [6, 6.07) is 0.584. The summed E-state index contributed by atoms with van der Waals surface area (Å²) in [7, 11) is 2.06. The molecule has 15 heavy (non-hydrogen) atoms. The van der Waals surface area contributed by atoms with Gasteiger partial charge in [0, 0.05) is 12.6 Å². The number of carboxylic acids is 1. The van der Waals surface area contributed by atoms with Crippen molar-refractivity contribution in [2.24, 2.45) is 11.8 Å². The second-order valence-corrected chi connectivity index (χ2v) is 5.09. The Bertz CT molecular complexity index is 218. The van der Waals surface area contributed by atoms with Crippen LogP contribution in [0.1, 0.15) is 39.5 Å². The Morgan fingerprint density at radius 3 is 2.60 bits per heavy atom. The van der Waals surface area contributed by atoms with E-state index in [0.29, 0.717) is 18.5 Å². The molecule has 0 aromatic heterocycles. The van der Waals surface area contributed by atoms with Gasteiger partial charge in [-0.25, -0.2) is 0 Å². The van der Waals surface area contributed by atoms with E-state index >= 15 is 0 Å². The first-order chi connectivity index (χ1) is 7.00. The standard InChI is InChI=1S/C12H23NO2/c1-9-4-5-11(10(2)8-9)13(3)7-6-12(14)15/h9-11H,4-8H2,1-3H3,(H,14,15). The molecule has 0 heterocycles. The summed E-state index contributed by atoms with van der Waals surface area (Å²) < 4.78 is 0. The molecule has 1 saturated carbocycles. The maximum Gasteiger partial charge on any atom is 0.304 e. The molecular weight excluding hydrogens is 190 g/mol. The van der Waals surface area contributed by atoms with Crippen LogP contribution in [0, 0.1) is 11.8 Å². The van der Waals surface area contributed by atoms with Gasteiger partial charge in [-0.1, -0.05) is 13.8 Å². The maximum atomic E-state index is 10.5. The molecule has 1 aliphatic carbocycles. The molecule has 0 aromatic carbocycles. The molecule has 0 spiro atoms. The zero-order chi connectivity index (χ0) is 11.4. The van der Waals surface area contributed by atoms with Gasteiger partial charge in [0.25, 0.3) is 0 Å². The molecule has 3 heteroatoms. The van der Waals surface area contributed by atoms with Crippen LogP contribution in [-0.2, 0) is 4.79 Å². The number of hydrogen-bond donors (Lipinski definition) is 1. The Labute approximate surface area is 92.5 Å². The third-order valence-corrected chi connectivity index (χ3v) is 3.63. The summed E-state index contributed by atoms with van der Waals surface area (Å²) in [5.74, 6) is 0.843. The van der Waals surface area contributed by atoms with Gasteiger partial charge in [-0.15, -0.1) is 0 Å². The van der Waals surface area contributed by atoms with Gasteiger partial charge < -0.3 is 10.0 Å². The molecule has 0 aliphatic heterocycles. The first kappa shape index (κ1) is 12.5. The van der Waals surface area contributed by atoms with Crippen LogP contribution in [-0.4, -0.2) is 35.6 Å². The molecule has 0 saturated heterocycles. The zero-order valence-electron chi connectivity index (χ0n) is 10.1. The second-order valence-electron chi connectivity index (χ2n) is 5.09. The van der Waals surface area contributed by atoms with Crippen molar-refractivity contribution in [3.8, 4) is 0 Å². The molecule has 1 N–H and O–H groups in total. The highest BCUT2D eigenvalue weighted by atomic mass is 16.4. The average Bonchev–Trinajstić information content (AvgIpc) is 2.14. The van der Waals surface area contributed by atoms with E-state index in [1.807, 2.05) is 0 Å². The van der Waals surface area contributed by atoms with E-state index in [0.717, 1.165) is 5.92 Å². The fourth-order valence-corrected chi connectivity index (χ4v) is 2.74. The average molecular weight is 213 g/mol. The van der Waals surface area contributed by atoms with Crippen LogP contribution in [0.25, 0.3) is 0 Å². The quantitative estimate of drug-likeness (QED) is 0.778. The van der Waals surface area contributed by atoms with Crippen LogP contribution in [0.2, 0.25) is 0 Å². The molecule has 88 valence electrons. The Morgan fingerprint density at radius 2 is 2.07 bits per heavy atom. The molecule has 1 rings (SSSR count). The summed E-state index contributed by atoms with van der Waals surface area (Å²) in [6.07, 6.45) is 4.04. The van der Waals surface area contributed by atoms with Crippen LogP contribution in [0.3, 0.4) is 0 Å². The summed E-state index contributed by atoms with van der Waals surface area (Å²) in [4.78, 5) is 12.7. The minimum absolute atomic E-state index is 0.259. The Balaban J connectivity index is 2.38. The van der Waals surface area contributed by atoms with Crippen molar-refractivity contribution in [2.45, 2.75) is 45.6 Å². The van der Waals surface area contributed by atoms with Crippen molar-refractivity contribution in [3.05, 3.63) is 0 Å². The predicted octanol–water partition coefficient (Wildman–Crippen LogP) is 2.22. The first-order valence-electron chi connectivity index (χ1n) is 5.92. The minimum atomic E-state index is -0.696. The van der Waals surface area contributed by atoms with Gasteiger partial charge in [-0.2, -0.15) is 0 Å². The van der Waals surface area contributed by atoms with Gasteiger partial charge in [0.15, 0.2) is 0 Å². The highest BCUT2D eigenvalue weighted by Gasteiger charge is 2.28. The van der Waals surface area contributed by atoms with Crippen LogP contribution in [0.5, 0.6) is 0 Å². The number of carbonyl (C=O) groups is 1. The smallest absolute Gasteiger partial charge is 0.304 e. The lowest BCUT2D eigenvalue weighted by Crippen LogP contribution is -2.41. The Kier molecular flexibility index (Phi) is 4.58. The number of nitrogens with zero attached hydrogens (tertiary/aromatic N) is 1. The van der Waals surface area contributed by atoms with E-state index in [-0.39, 0.29) is 6.42 Å². The molecule has 0 radical (unpaired) electrons. The van der Waals surface area contributed by atoms with E-state index < -0.39 is 5.97 Å². The summed E-state index contributed by atoms with van der Waals surface area (Å²) in [5.41, 5.74) is 0. The predicted molar refractivity (Wildman–Crippen MR) is 60.8 cm³/mol. The largest absolute Gasteiger partial charge is 0.481 e. The summed E-state index contributed by atoms with van der Waals surface area (Å²) in [6.45, 7) is 5.28. The number of carboxylic acid groups (broad SMARTS) is 1. The molecule has 3 atom stereocenters. The zero-order valence-corrected chi connectivity index (χ0v) is 10.1. The topological polar surface area (TPSA) is 40.5 Å². The lowest BCUT2D eigenvalue weighted by Gasteiger charge is -2.38. The van der Waals surface area contributed by atoms with E-state index in [9.17, 15) is 4.79 Å². The van der Waals surface area contributed by atoms with Crippen LogP contribution in [0.15, 0.2) is 0 Å². The van der Waals surface area contributed by atoms with Gasteiger partial charge in [0.2, 0.25) is 0 Å². The monoisotopic (exact) mass is 213 g/mol. The van der Waals surface area contributed by atoms with E-state index in [4.69, 9.17) is 5.11 Å². The van der Waals surface area contributed by atoms with Crippen LogP contribution >= 0.6 is 0 Å². The van der Waals surface area contributed by atoms with Crippen LogP contribution < -0.4 is 0 Å². The lowest BCUT2D eigenvalue weighted by atomic mass is 9.79. The highest BCUT2D eigenvalue weighted by Crippen LogP contribution is 2.31. The van der Waals surface area contributed by atoms with Crippen molar-refractivity contribution < 1.29 is 9.90 Å². The molecule has 1 aliphatic rings. The maximum absolute atomic E-state index is 10.5. The molecule has 3 nitrogen and oxygen atoms in total. The molecule has 0 amide bonds. The highest BCUT2D eigenvalue weighted by molar-refractivity contribution is 5.66. The van der Waals surface area contributed by atoms with Gasteiger partial charge in [-0.3, -0.25) is 4.79 Å². The fourth-order valence-electron chi connectivity index (χ4n) is 2.74. The van der Waals surface area contributed by atoms with Crippen molar-refractivity contribution in [2.75, 3.05) is 13.6 Å². The Hall–Kier alpha value is -0.570. The van der Waals surface area contributed by atoms with Crippen molar-refractivity contribution in [1.82, 2.24) is 4.90 Å². The molecule has 3 unspecified atom stereocenters. The fraction of sp³-hybridized carbons (Fsp3) is 0.917. The van der Waals surface area contributed by atoms with Gasteiger partial charge in [0.05, 0.1) is 6.42 Å². The van der Waals surface area contributed by atoms with E-state index in [1.165, 1.54) is 19.3 Å². The first-order valence-corrected chi connectivity index (χ1v) is 5.92. The minimum Gasteiger partial charge on any atom is -0.481 e. The second kappa shape index (κ2) is 5.50. The summed E-state index contributed by atoms with van der Waals surface area (Å²) in [5, 5.41) is 8.64. The van der Waals surface area contributed by atoms with Crippen molar-refractivity contribution in [1.29, 1.82) is 0 Å². The molecule has 1 fully saturated rings. The third-order valence-electron chi connectivity index (χ3n) is 3.63. The van der Waals surface area contributed by atoms with E-state index in [2.05, 4.69) is 25.8 Å². The summed E-state index contributed by atoms with van der Waals surface area (Å²) >= 11 is 0. The van der Waals surface area contributed by atoms with Gasteiger partial charge in [-0.05, 0) is 38.1 Å². The normalized spacial score (nSPS) is 31.9. The SMILES string of the molecule is CC1CCC(N(C)CCC(=O)O)C(C)C1. The molecule has 0 bridgehead atoms. The number of hydrogen-bond acceptors (Lipinski definition) is 2. The number of aliphatic carboxylic acids is 1. The van der Waals surface area contributed by atoms with Crippen molar-refractivity contribution in [3.63, 3.8) is 0 Å². The lowest BCUT2D eigenvalue weighted by molar-refractivity contribution is -0.137. The third kappa shape index (κ3) is 3.82. The van der Waals surface area contributed by atoms with Crippen molar-refractivity contribution >= 4 is 5.97 Å². The van der Waals surface area contributed by atoms with Gasteiger partial charge >= 0.3 is 5.97 Å². The molecule has 0 aromatic rings. The van der Waals surface area contributed by atoms with Gasteiger partial charge in [0.1, 0.15) is 0 Å². The van der Waals surface area contributed by atoms with Crippen LogP contribution in [0.4, 0.5) is 0 Å². The Morgan fingerprint density at radius 1 is 1.40 bits per heavy atom. The van der Waals surface area contributed by atoms with E-state index in [1.54, 1.807) is 0 Å². The molecular formula is C12H23NO2. The number of rotatable bonds is 4.